The first kappa shape index (κ1) is 63.8. The highest BCUT2D eigenvalue weighted by Crippen LogP contribution is 1.96. The largest absolute Gasteiger partial charge is 0.463 e. The van der Waals surface area contributed by atoms with E-state index in [0.717, 1.165) is 19.3 Å². The number of hydrogen-bond donors (Lipinski definition) is 2. The lowest BCUT2D eigenvalue weighted by molar-refractivity contribution is -0.145. The molecule has 0 aliphatic carbocycles. The molecule has 0 spiro atoms. The third-order valence-electron chi connectivity index (χ3n) is 3.18. The van der Waals surface area contributed by atoms with E-state index in [2.05, 4.69) is 16.6 Å². The number of nitrogens with one attached hydrogen (secondary N) is 1. The summed E-state index contributed by atoms with van der Waals surface area (Å²) in [5.41, 5.74) is 0.284. The molecule has 0 rings (SSSR count). The highest BCUT2D eigenvalue weighted by molar-refractivity contribution is 5.87. The maximum Gasteiger partial charge on any atom is 0.410 e. The van der Waals surface area contributed by atoms with E-state index in [1.54, 1.807) is 13.8 Å². The van der Waals surface area contributed by atoms with Crippen LogP contribution in [0.2, 0.25) is 0 Å². The zero-order chi connectivity index (χ0) is 22.7. The summed E-state index contributed by atoms with van der Waals surface area (Å²) >= 11 is 0. The van der Waals surface area contributed by atoms with Crippen molar-refractivity contribution in [3.63, 3.8) is 0 Å². The number of hydrogen-bond acceptors (Lipinski definition) is 7. The fraction of sp³-hybridized carbons (Fsp3) is 0.815. The molecule has 8 heteroatoms. The van der Waals surface area contributed by atoms with E-state index < -0.39 is 12.1 Å². The Bertz CT molecular complexity index is 453. The number of aliphatic hydroxyl groups is 1. The second kappa shape index (κ2) is 42.1. The van der Waals surface area contributed by atoms with E-state index in [0.29, 0.717) is 0 Å². The van der Waals surface area contributed by atoms with E-state index in [4.69, 9.17) is 14.6 Å². The van der Waals surface area contributed by atoms with Crippen molar-refractivity contribution >= 4 is 18.0 Å². The zero-order valence-electron chi connectivity index (χ0n) is 18.7. The summed E-state index contributed by atoms with van der Waals surface area (Å²) in [6.45, 7) is 17.4. The molecular formula is C27H67NO7. The number of rotatable bonds is 8. The third kappa shape index (κ3) is 59.5. The summed E-state index contributed by atoms with van der Waals surface area (Å²) in [6, 6.07) is 0. The molecule has 35 heavy (non-hydrogen) atoms. The molecule has 0 aromatic rings. The van der Waals surface area contributed by atoms with Crippen molar-refractivity contribution in [1.29, 1.82) is 0 Å². The first-order valence-electron chi connectivity index (χ1n) is 9.53. The molecule has 0 saturated carbocycles. The number of alkyl carbamates (subject to hydrolysis) is 1. The zero-order valence-corrected chi connectivity index (χ0v) is 18.7. The van der Waals surface area contributed by atoms with E-state index >= 15 is 0 Å². The first-order chi connectivity index (χ1) is 12.9. The molecule has 0 bridgehead atoms. The highest BCUT2D eigenvalue weighted by Gasteiger charge is 2.08. The molecule has 222 valence electrons. The summed E-state index contributed by atoms with van der Waals surface area (Å²) in [5.74, 6) is -0.738. The van der Waals surface area contributed by atoms with Crippen LogP contribution in [0.15, 0.2) is 12.2 Å². The Labute approximate surface area is 221 Å². The van der Waals surface area contributed by atoms with Gasteiger partial charge in [0, 0.05) is 12.5 Å². The van der Waals surface area contributed by atoms with Crippen LogP contribution in [-0.2, 0) is 23.8 Å². The van der Waals surface area contributed by atoms with E-state index in [1.165, 1.54) is 13.8 Å². The summed E-state index contributed by atoms with van der Waals surface area (Å²) in [6.07, 6.45) is 1.70. The molecule has 0 heterocycles. The fourth-order valence-electron chi connectivity index (χ4n) is 0.958. The van der Waals surface area contributed by atoms with Crippen molar-refractivity contribution in [3.8, 4) is 0 Å². The van der Waals surface area contributed by atoms with Gasteiger partial charge in [0.25, 0.3) is 0 Å². The minimum absolute atomic E-state index is 0. The molecule has 8 nitrogen and oxygen atoms in total. The summed E-state index contributed by atoms with van der Waals surface area (Å²) < 4.78 is 14.3. The number of amides is 1. The van der Waals surface area contributed by atoms with Gasteiger partial charge in [-0.05, 0) is 47.0 Å². The maximum atomic E-state index is 11.0. The van der Waals surface area contributed by atoms with E-state index in [-0.39, 0.29) is 88.6 Å². The average molecular weight is 518 g/mol. The molecule has 0 radical (unpaired) electrons. The smallest absolute Gasteiger partial charge is 0.410 e. The number of esters is 2. The second-order valence-corrected chi connectivity index (χ2v) is 6.24. The number of ether oxygens (including phenoxy) is 3. The fourth-order valence-corrected chi connectivity index (χ4v) is 0.958. The molecule has 3 atom stereocenters. The monoisotopic (exact) mass is 517 g/mol. The Morgan fingerprint density at radius 1 is 0.771 bits per heavy atom. The van der Waals surface area contributed by atoms with Crippen molar-refractivity contribution < 1.29 is 33.7 Å². The number of carbonyl (C=O) groups excluding carboxylic acids is 3. The van der Waals surface area contributed by atoms with Gasteiger partial charge in [-0.1, -0.05) is 79.3 Å². The van der Waals surface area contributed by atoms with Gasteiger partial charge < -0.3 is 19.3 Å². The van der Waals surface area contributed by atoms with Crippen LogP contribution in [0.5, 0.6) is 0 Å². The Morgan fingerprint density at radius 3 is 1.34 bits per heavy atom. The molecule has 2 N–H and O–H groups in total. The predicted octanol–water partition coefficient (Wildman–Crippen LogP) is 8.17. The Morgan fingerprint density at radius 2 is 1.11 bits per heavy atom. The van der Waals surface area contributed by atoms with Crippen molar-refractivity contribution in [2.45, 2.75) is 145 Å². The van der Waals surface area contributed by atoms with Crippen LogP contribution in [-0.4, -0.2) is 48.2 Å². The van der Waals surface area contributed by atoms with Crippen LogP contribution in [0.1, 0.15) is 127 Å². The van der Waals surface area contributed by atoms with Gasteiger partial charge in [0.15, 0.2) is 6.73 Å². The van der Waals surface area contributed by atoms with Gasteiger partial charge in [-0.2, -0.15) is 0 Å². The van der Waals surface area contributed by atoms with Crippen molar-refractivity contribution in [2.24, 2.45) is 0 Å². The van der Waals surface area contributed by atoms with Gasteiger partial charge in [-0.15, -0.1) is 0 Å². The lowest BCUT2D eigenvalue weighted by Gasteiger charge is -2.11. The van der Waals surface area contributed by atoms with Crippen molar-refractivity contribution in [1.82, 2.24) is 5.32 Å². The van der Waals surface area contributed by atoms with Gasteiger partial charge in [-0.25, -0.2) is 9.59 Å². The summed E-state index contributed by atoms with van der Waals surface area (Å²) in [5, 5.41) is 10.6. The van der Waals surface area contributed by atoms with Crippen LogP contribution in [0.3, 0.4) is 0 Å². The molecule has 0 saturated heterocycles. The highest BCUT2D eigenvalue weighted by atomic mass is 16.6. The van der Waals surface area contributed by atoms with Gasteiger partial charge in [0.2, 0.25) is 0 Å². The molecule has 0 aliphatic heterocycles. The Kier molecular flexibility index (Phi) is 76.8. The molecule has 3 unspecified atom stereocenters. The SMILES string of the molecule is C.C.C.C.C.C.C.C=C(C)C(=O)OCNC(=O)OC(C)CC.CCC(C)O.CCC(C)OC(C)=O. The molecule has 0 aliphatic rings. The standard InChI is InChI=1S/C10H17NO4.C6H12O2.C4H10O.7CH4/c1-5-8(4)15-10(13)11-6-14-9(12)7(2)3;1-4-5(2)8-6(3)7;1-3-4(2)5;;;;;;;/h8H,2,5-6H2,1,3-4H3,(H,11,13);5H,4H2,1-3H3;4-5H,3H2,1-2H3;7*1H4. The topological polar surface area (TPSA) is 111 Å². The lowest BCUT2D eigenvalue weighted by Crippen LogP contribution is -2.30. The van der Waals surface area contributed by atoms with E-state index in [9.17, 15) is 14.4 Å². The van der Waals surface area contributed by atoms with Crippen LogP contribution >= 0.6 is 0 Å². The van der Waals surface area contributed by atoms with E-state index in [1.807, 2.05) is 27.7 Å². The lowest BCUT2D eigenvalue weighted by atomic mass is 10.3. The average Bonchev–Trinajstić information content (AvgIpc) is 2.61. The molecule has 1 amide bonds. The van der Waals surface area contributed by atoms with Gasteiger partial charge >= 0.3 is 18.0 Å². The Hall–Kier alpha value is -2.09. The first-order valence-corrected chi connectivity index (χ1v) is 9.53. The predicted molar refractivity (Wildman–Crippen MR) is 156 cm³/mol. The van der Waals surface area contributed by atoms with Gasteiger partial charge in [0.1, 0.15) is 6.10 Å². The molecule has 0 aromatic heterocycles. The summed E-state index contributed by atoms with van der Waals surface area (Å²) in [4.78, 5) is 32.1. The van der Waals surface area contributed by atoms with Crippen LogP contribution in [0.25, 0.3) is 0 Å². The minimum Gasteiger partial charge on any atom is -0.463 e. The van der Waals surface area contributed by atoms with Crippen molar-refractivity contribution in [2.75, 3.05) is 6.73 Å². The van der Waals surface area contributed by atoms with Crippen LogP contribution in [0, 0.1) is 0 Å². The number of aliphatic hydroxyl groups excluding tert-OH is 1. The third-order valence-corrected chi connectivity index (χ3v) is 3.18. The van der Waals surface area contributed by atoms with Gasteiger partial charge in [0.05, 0.1) is 12.2 Å². The molecule has 0 aromatic carbocycles. The quantitative estimate of drug-likeness (QED) is 0.144. The Balaban J connectivity index is -0.0000000341. The van der Waals surface area contributed by atoms with Gasteiger partial charge in [-0.3, -0.25) is 10.1 Å². The van der Waals surface area contributed by atoms with Crippen LogP contribution < -0.4 is 5.32 Å². The number of carbonyl (C=O) groups is 3. The molecule has 0 fully saturated rings. The normalized spacial score (nSPS) is 9.97. The summed E-state index contributed by atoms with van der Waals surface area (Å²) in [7, 11) is 0. The minimum atomic E-state index is -0.598. The second-order valence-electron chi connectivity index (χ2n) is 6.24. The van der Waals surface area contributed by atoms with Crippen molar-refractivity contribution in [3.05, 3.63) is 12.2 Å². The molecular weight excluding hydrogens is 450 g/mol. The van der Waals surface area contributed by atoms with Crippen LogP contribution in [0.4, 0.5) is 4.79 Å². The maximum absolute atomic E-state index is 11.0.